The number of amides is 1. The summed E-state index contributed by atoms with van der Waals surface area (Å²) in [7, 11) is 1.66. The number of piperazine rings is 1. The van der Waals surface area contributed by atoms with Crippen LogP contribution in [0.1, 0.15) is 27.7 Å². The van der Waals surface area contributed by atoms with Gasteiger partial charge in [-0.3, -0.25) is 4.79 Å². The van der Waals surface area contributed by atoms with Gasteiger partial charge >= 0.3 is 0 Å². The van der Waals surface area contributed by atoms with Gasteiger partial charge in [0.25, 0.3) is 5.91 Å². The molecule has 3 aromatic rings. The first-order valence-electron chi connectivity index (χ1n) is 10.7. The average Bonchev–Trinajstić information content (AvgIpc) is 3.28. The van der Waals surface area contributed by atoms with Gasteiger partial charge in [-0.2, -0.15) is 0 Å². The summed E-state index contributed by atoms with van der Waals surface area (Å²) < 4.78 is 11.8. The summed E-state index contributed by atoms with van der Waals surface area (Å²) in [6.45, 7) is 6.15. The molecular formula is C25H25N3O3S. The monoisotopic (exact) mass is 447 g/mol. The van der Waals surface area contributed by atoms with E-state index in [0.29, 0.717) is 19.6 Å². The van der Waals surface area contributed by atoms with Crippen LogP contribution in [0.4, 0.5) is 5.69 Å². The maximum atomic E-state index is 12.9. The second-order valence-corrected chi connectivity index (χ2v) is 9.09. The molecule has 3 heterocycles. The van der Waals surface area contributed by atoms with Crippen molar-refractivity contribution in [2.45, 2.75) is 19.9 Å². The molecule has 2 aliphatic rings. The van der Waals surface area contributed by atoms with Crippen LogP contribution < -0.4 is 9.47 Å². The molecule has 2 aromatic carbocycles. The lowest BCUT2D eigenvalue weighted by Crippen LogP contribution is -2.55. The van der Waals surface area contributed by atoms with Crippen LogP contribution in [0.3, 0.4) is 0 Å². The Morgan fingerprint density at radius 1 is 1.16 bits per heavy atom. The molecule has 1 aromatic heterocycles. The summed E-state index contributed by atoms with van der Waals surface area (Å²) in [6.07, 6.45) is 0. The Hall–Kier alpha value is -3.32. The molecule has 0 bridgehead atoms. The molecular weight excluding hydrogens is 422 g/mol. The molecule has 1 fully saturated rings. The van der Waals surface area contributed by atoms with E-state index in [4.69, 9.17) is 14.5 Å². The number of benzene rings is 2. The summed E-state index contributed by atoms with van der Waals surface area (Å²) in [5, 5.41) is 1.94. The van der Waals surface area contributed by atoms with E-state index in [2.05, 4.69) is 11.8 Å². The minimum Gasteiger partial charge on any atom is -0.497 e. The van der Waals surface area contributed by atoms with Crippen LogP contribution in [0, 0.1) is 6.92 Å². The smallest absolute Gasteiger partial charge is 0.264 e. The van der Waals surface area contributed by atoms with Gasteiger partial charge in [0.2, 0.25) is 0 Å². The van der Waals surface area contributed by atoms with E-state index in [9.17, 15) is 4.79 Å². The fraction of sp³-hybridized carbons (Fsp3) is 0.280. The number of nitrogens with zero attached hydrogens (tertiary/aromatic N) is 3. The van der Waals surface area contributed by atoms with Gasteiger partial charge in [0, 0.05) is 25.7 Å². The third kappa shape index (κ3) is 3.73. The zero-order valence-electron chi connectivity index (χ0n) is 18.4. The lowest BCUT2D eigenvalue weighted by atomic mass is 10.1. The minimum absolute atomic E-state index is 0.0526. The molecule has 2 aliphatic heterocycles. The largest absolute Gasteiger partial charge is 0.497 e. The summed E-state index contributed by atoms with van der Waals surface area (Å²) in [5.41, 5.74) is 2.81. The maximum Gasteiger partial charge on any atom is 0.264 e. The molecule has 1 atom stereocenters. The molecule has 164 valence electrons. The molecule has 0 N–H and O–H groups in total. The molecule has 0 aliphatic carbocycles. The van der Waals surface area contributed by atoms with Gasteiger partial charge in [0.05, 0.1) is 17.6 Å². The van der Waals surface area contributed by atoms with E-state index < -0.39 is 0 Å². The normalized spacial score (nSPS) is 17.6. The highest BCUT2D eigenvalue weighted by Crippen LogP contribution is 2.40. The number of ether oxygens (including phenoxy) is 2. The zero-order chi connectivity index (χ0) is 22.2. The highest BCUT2D eigenvalue weighted by Gasteiger charge is 2.32. The lowest BCUT2D eigenvalue weighted by molar-refractivity contribution is 0.0586. The van der Waals surface area contributed by atoms with Gasteiger partial charge in [-0.05, 0) is 61.2 Å². The van der Waals surface area contributed by atoms with E-state index >= 15 is 0 Å². The summed E-state index contributed by atoms with van der Waals surface area (Å²) in [6, 6.07) is 15.7. The third-order valence-corrected chi connectivity index (χ3v) is 6.77. The van der Waals surface area contributed by atoms with Crippen molar-refractivity contribution >= 4 is 28.8 Å². The Morgan fingerprint density at radius 2 is 2.03 bits per heavy atom. The second-order valence-electron chi connectivity index (χ2n) is 8.14. The van der Waals surface area contributed by atoms with Crippen molar-refractivity contribution in [3.05, 3.63) is 69.9 Å². The van der Waals surface area contributed by atoms with Crippen molar-refractivity contribution in [2.24, 2.45) is 4.99 Å². The van der Waals surface area contributed by atoms with Crippen LogP contribution >= 0.6 is 11.3 Å². The van der Waals surface area contributed by atoms with Crippen molar-refractivity contribution in [3.8, 4) is 17.2 Å². The molecule has 0 saturated carbocycles. The van der Waals surface area contributed by atoms with Gasteiger partial charge in [-0.15, -0.1) is 11.3 Å². The standard InChI is InChI=1S/C25H25N3O3S/c1-16-6-8-20-22(13-16)31-21-9-7-18(30-3)14-19(21)24(26-20)27-10-11-28(17(2)15-27)25(29)23-5-4-12-32-23/h4-9,12-14,17H,10-11,15H2,1-3H3/t17-/m1/s1. The third-order valence-electron chi connectivity index (χ3n) is 5.91. The number of hydrogen-bond donors (Lipinski definition) is 0. The Morgan fingerprint density at radius 3 is 2.78 bits per heavy atom. The lowest BCUT2D eigenvalue weighted by Gasteiger charge is -2.41. The predicted octanol–water partition coefficient (Wildman–Crippen LogP) is 5.10. The van der Waals surface area contributed by atoms with Crippen molar-refractivity contribution in [1.29, 1.82) is 0 Å². The van der Waals surface area contributed by atoms with Crippen molar-refractivity contribution < 1.29 is 14.3 Å². The van der Waals surface area contributed by atoms with E-state index in [1.54, 1.807) is 7.11 Å². The number of hydrogen-bond acceptors (Lipinski definition) is 6. The van der Waals surface area contributed by atoms with Gasteiger partial charge in [-0.25, -0.2) is 4.99 Å². The first kappa shape index (κ1) is 20.6. The average molecular weight is 448 g/mol. The molecule has 0 unspecified atom stereocenters. The van der Waals surface area contributed by atoms with E-state index in [-0.39, 0.29) is 11.9 Å². The molecule has 0 radical (unpaired) electrons. The maximum absolute atomic E-state index is 12.9. The van der Waals surface area contributed by atoms with Gasteiger partial charge in [0.1, 0.15) is 23.0 Å². The van der Waals surface area contributed by atoms with E-state index in [1.807, 2.05) is 65.7 Å². The van der Waals surface area contributed by atoms with Crippen molar-refractivity contribution in [3.63, 3.8) is 0 Å². The molecule has 1 amide bonds. The molecule has 1 saturated heterocycles. The van der Waals surface area contributed by atoms with Gasteiger partial charge < -0.3 is 19.3 Å². The SMILES string of the molecule is COc1ccc2c(c1)C(N1CCN(C(=O)c3cccs3)[C@H](C)C1)=Nc1ccc(C)cc1O2. The predicted molar refractivity (Wildman–Crippen MR) is 127 cm³/mol. The topological polar surface area (TPSA) is 54.4 Å². The number of fused-ring (bicyclic) bond motifs is 2. The highest BCUT2D eigenvalue weighted by molar-refractivity contribution is 7.12. The van der Waals surface area contributed by atoms with Crippen LogP contribution in [0.5, 0.6) is 17.2 Å². The summed E-state index contributed by atoms with van der Waals surface area (Å²) >= 11 is 1.49. The Bertz CT molecular complexity index is 1190. The first-order chi connectivity index (χ1) is 15.5. The fourth-order valence-electron chi connectivity index (χ4n) is 4.22. The number of amidine groups is 1. The summed E-state index contributed by atoms with van der Waals surface area (Å²) in [4.78, 5) is 23.0. The van der Waals surface area contributed by atoms with Crippen LogP contribution in [-0.2, 0) is 0 Å². The van der Waals surface area contributed by atoms with E-state index in [1.165, 1.54) is 11.3 Å². The van der Waals surface area contributed by atoms with Crippen LogP contribution in [0.15, 0.2) is 58.9 Å². The minimum atomic E-state index is 0.0526. The first-order valence-corrected chi connectivity index (χ1v) is 11.6. The number of thiophene rings is 1. The number of aryl methyl sites for hydroxylation is 1. The van der Waals surface area contributed by atoms with E-state index in [0.717, 1.165) is 44.8 Å². The van der Waals surface area contributed by atoms with Gasteiger partial charge in [-0.1, -0.05) is 12.1 Å². The fourth-order valence-corrected chi connectivity index (χ4v) is 4.90. The Labute approximate surface area is 191 Å². The number of methoxy groups -OCH3 is 1. The molecule has 32 heavy (non-hydrogen) atoms. The second kappa shape index (κ2) is 8.31. The van der Waals surface area contributed by atoms with Crippen LogP contribution in [0.25, 0.3) is 0 Å². The quantitative estimate of drug-likeness (QED) is 0.549. The van der Waals surface area contributed by atoms with Crippen molar-refractivity contribution in [1.82, 2.24) is 9.80 Å². The molecule has 5 rings (SSSR count). The Balaban J connectivity index is 1.50. The molecule has 0 spiro atoms. The molecule has 6 nitrogen and oxygen atoms in total. The number of carbonyl (C=O) groups is 1. The molecule has 7 heteroatoms. The van der Waals surface area contributed by atoms with Crippen LogP contribution in [0.2, 0.25) is 0 Å². The van der Waals surface area contributed by atoms with Crippen LogP contribution in [-0.4, -0.2) is 54.3 Å². The van der Waals surface area contributed by atoms with Gasteiger partial charge in [0.15, 0.2) is 5.75 Å². The number of carbonyl (C=O) groups excluding carboxylic acids is 1. The Kier molecular flexibility index (Phi) is 5.35. The number of rotatable bonds is 2. The van der Waals surface area contributed by atoms with Crippen molar-refractivity contribution in [2.75, 3.05) is 26.7 Å². The highest BCUT2D eigenvalue weighted by atomic mass is 32.1. The number of aliphatic imine (C=N–C) groups is 1. The summed E-state index contributed by atoms with van der Waals surface area (Å²) in [5.74, 6) is 3.18. The zero-order valence-corrected chi connectivity index (χ0v) is 19.2.